The minimum atomic E-state index is -4.60. The van der Waals surface area contributed by atoms with Crippen molar-refractivity contribution in [3.05, 3.63) is 88.4 Å². The van der Waals surface area contributed by atoms with Crippen LogP contribution in [0, 0.1) is 13.8 Å². The molecule has 256 valence electrons. The van der Waals surface area contributed by atoms with E-state index in [2.05, 4.69) is 15.0 Å². The maximum atomic E-state index is 13.8. The number of nitrogens with zero attached hydrogens (tertiary/aromatic N) is 5. The summed E-state index contributed by atoms with van der Waals surface area (Å²) >= 11 is 0. The van der Waals surface area contributed by atoms with Crippen molar-refractivity contribution in [2.24, 2.45) is 0 Å². The monoisotopic (exact) mass is 681 g/mol. The Hall–Kier alpha value is -5.14. The molecule has 6 rings (SSSR count). The number of amides is 1. The molecule has 0 unspecified atom stereocenters. The van der Waals surface area contributed by atoms with Gasteiger partial charge < -0.3 is 14.4 Å². The van der Waals surface area contributed by atoms with Gasteiger partial charge in [0.15, 0.2) is 5.78 Å². The van der Waals surface area contributed by atoms with Crippen molar-refractivity contribution in [1.29, 1.82) is 0 Å². The van der Waals surface area contributed by atoms with Crippen molar-refractivity contribution in [3.63, 3.8) is 0 Å². The molecule has 9 nitrogen and oxygen atoms in total. The lowest BCUT2D eigenvalue weighted by atomic mass is 9.96. The van der Waals surface area contributed by atoms with Crippen LogP contribution in [0.3, 0.4) is 0 Å². The average molecular weight is 682 g/mol. The number of methoxy groups -OCH3 is 1. The summed E-state index contributed by atoms with van der Waals surface area (Å²) in [5.41, 5.74) is 3.60. The number of alkyl halides is 5. The first-order chi connectivity index (χ1) is 23.0. The molecule has 0 aliphatic carbocycles. The number of carbonyl (C=O) groups is 2. The molecule has 0 saturated carbocycles. The van der Waals surface area contributed by atoms with Crippen LogP contribution in [0.25, 0.3) is 22.3 Å². The second-order valence-corrected chi connectivity index (χ2v) is 12.4. The number of halogens is 5. The predicted octanol–water partition coefficient (Wildman–Crippen LogP) is 7.59. The van der Waals surface area contributed by atoms with E-state index >= 15 is 0 Å². The van der Waals surface area contributed by atoms with Gasteiger partial charge in [-0.1, -0.05) is 23.8 Å². The van der Waals surface area contributed by atoms with Crippen molar-refractivity contribution in [1.82, 2.24) is 19.9 Å². The van der Waals surface area contributed by atoms with Crippen molar-refractivity contribution in [3.8, 4) is 28.1 Å². The second kappa shape index (κ2) is 12.4. The van der Waals surface area contributed by atoms with Crippen LogP contribution in [0.4, 0.5) is 32.7 Å². The number of cyclic esters (lactones) is 1. The van der Waals surface area contributed by atoms with E-state index in [0.717, 1.165) is 23.3 Å². The van der Waals surface area contributed by atoms with E-state index in [0.29, 0.717) is 27.8 Å². The SMILES string of the molecule is COc1ncc(-c2ccc(C(C)=O)cc2C)cc1-c1cnc(N2CC(F)(F)C2)nc1CN1C(=O)O[C@H](c2cc(C)cc(C(F)(F)F)c2)[C@@H]1C. The normalized spacial score (nSPS) is 18.7. The summed E-state index contributed by atoms with van der Waals surface area (Å²) in [6.07, 6.45) is -3.34. The molecule has 2 aromatic heterocycles. The number of hydrogen-bond donors (Lipinski definition) is 0. The van der Waals surface area contributed by atoms with Gasteiger partial charge in [0.1, 0.15) is 6.10 Å². The molecule has 0 N–H and O–H groups in total. The van der Waals surface area contributed by atoms with Gasteiger partial charge in [-0.25, -0.2) is 28.5 Å². The van der Waals surface area contributed by atoms with Crippen molar-refractivity contribution < 1.29 is 41.0 Å². The van der Waals surface area contributed by atoms with Gasteiger partial charge in [-0.15, -0.1) is 0 Å². The number of hydrogen-bond acceptors (Lipinski definition) is 8. The highest BCUT2D eigenvalue weighted by Gasteiger charge is 2.46. The summed E-state index contributed by atoms with van der Waals surface area (Å²) in [6, 6.07) is 9.88. The molecule has 0 radical (unpaired) electrons. The summed E-state index contributed by atoms with van der Waals surface area (Å²) in [4.78, 5) is 41.3. The Bertz CT molecular complexity index is 1960. The number of anilines is 1. The summed E-state index contributed by atoms with van der Waals surface area (Å²) in [7, 11) is 1.43. The van der Waals surface area contributed by atoms with Crippen LogP contribution in [0.15, 0.2) is 54.9 Å². The van der Waals surface area contributed by atoms with Gasteiger partial charge in [0.05, 0.1) is 44.0 Å². The minimum absolute atomic E-state index is 0.0219. The Morgan fingerprint density at radius 2 is 1.76 bits per heavy atom. The molecule has 14 heteroatoms. The molecule has 0 spiro atoms. The van der Waals surface area contributed by atoms with Gasteiger partial charge in [0.2, 0.25) is 11.8 Å². The smallest absolute Gasteiger partial charge is 0.416 e. The first kappa shape index (κ1) is 33.7. The van der Waals surface area contributed by atoms with E-state index in [1.165, 1.54) is 37.0 Å². The first-order valence-corrected chi connectivity index (χ1v) is 15.4. The molecule has 49 heavy (non-hydrogen) atoms. The van der Waals surface area contributed by atoms with Gasteiger partial charge in [-0.05, 0) is 68.7 Å². The van der Waals surface area contributed by atoms with Gasteiger partial charge in [-0.3, -0.25) is 9.69 Å². The zero-order chi connectivity index (χ0) is 35.4. The molecule has 2 saturated heterocycles. The van der Waals surface area contributed by atoms with E-state index in [9.17, 15) is 31.5 Å². The molecule has 2 fully saturated rings. The van der Waals surface area contributed by atoms with Gasteiger partial charge in [-0.2, -0.15) is 13.2 Å². The number of pyridine rings is 1. The van der Waals surface area contributed by atoms with Crippen molar-refractivity contribution in [2.75, 3.05) is 25.1 Å². The van der Waals surface area contributed by atoms with E-state index < -0.39 is 49.0 Å². The highest BCUT2D eigenvalue weighted by molar-refractivity contribution is 5.95. The Kier molecular flexibility index (Phi) is 8.53. The zero-order valence-corrected chi connectivity index (χ0v) is 27.2. The molecule has 1 amide bonds. The molecule has 2 aliphatic heterocycles. The van der Waals surface area contributed by atoms with Crippen LogP contribution in [0.2, 0.25) is 0 Å². The topological polar surface area (TPSA) is 97.8 Å². The number of carbonyl (C=O) groups excluding carboxylic acids is 2. The Morgan fingerprint density at radius 1 is 1.02 bits per heavy atom. The third kappa shape index (κ3) is 6.63. The molecule has 0 bridgehead atoms. The second-order valence-electron chi connectivity index (χ2n) is 12.4. The van der Waals surface area contributed by atoms with Crippen LogP contribution in [-0.4, -0.2) is 63.9 Å². The first-order valence-electron chi connectivity index (χ1n) is 15.4. The number of ether oxygens (including phenoxy) is 2. The maximum absolute atomic E-state index is 13.8. The van der Waals surface area contributed by atoms with Gasteiger partial charge >= 0.3 is 12.3 Å². The number of aryl methyl sites for hydroxylation is 2. The van der Waals surface area contributed by atoms with E-state index in [-0.39, 0.29) is 35.4 Å². The van der Waals surface area contributed by atoms with Crippen molar-refractivity contribution >= 4 is 17.8 Å². The molecular formula is C35H32F5N5O4. The third-order valence-corrected chi connectivity index (χ3v) is 8.73. The Morgan fingerprint density at radius 3 is 2.39 bits per heavy atom. The molecule has 2 aliphatic rings. The van der Waals surface area contributed by atoms with Crippen molar-refractivity contribution in [2.45, 2.75) is 58.5 Å². The lowest BCUT2D eigenvalue weighted by molar-refractivity contribution is -0.137. The standard InChI is InChI=1S/C35H32F5N5O4/c1-18-8-23(11-25(9-18)35(38,39)40)30-20(3)45(33(47)49-30)15-29-28(14-42-32(43-29)44-16-34(36,37)17-44)27-12-24(13-41-31(27)48-5)26-7-6-22(21(4)46)10-19(26)2/h6-14,20,30H,15-17H2,1-5H3/t20-,30-/m0/s1. The summed E-state index contributed by atoms with van der Waals surface area (Å²) < 4.78 is 79.7. The summed E-state index contributed by atoms with van der Waals surface area (Å²) in [6.45, 7) is 5.17. The molecule has 4 heterocycles. The summed E-state index contributed by atoms with van der Waals surface area (Å²) in [5.74, 6) is -2.76. The largest absolute Gasteiger partial charge is 0.481 e. The minimum Gasteiger partial charge on any atom is -0.481 e. The lowest BCUT2D eigenvalue weighted by Crippen LogP contribution is -2.57. The van der Waals surface area contributed by atoms with E-state index in [1.807, 2.05) is 6.92 Å². The molecule has 2 atom stereocenters. The predicted molar refractivity (Wildman–Crippen MR) is 170 cm³/mol. The zero-order valence-electron chi connectivity index (χ0n) is 27.2. The number of benzene rings is 2. The quantitative estimate of drug-likeness (QED) is 0.139. The van der Waals surface area contributed by atoms with Crippen LogP contribution >= 0.6 is 0 Å². The maximum Gasteiger partial charge on any atom is 0.416 e. The summed E-state index contributed by atoms with van der Waals surface area (Å²) in [5, 5.41) is 0. The Balaban J connectivity index is 1.41. The van der Waals surface area contributed by atoms with Gasteiger partial charge in [0.25, 0.3) is 5.92 Å². The Labute approximate surface area is 278 Å². The number of Topliss-reactive ketones (excluding diaryl/α,β-unsaturated/α-hetero) is 1. The number of ketones is 1. The lowest BCUT2D eigenvalue weighted by Gasteiger charge is -2.38. The fourth-order valence-electron chi connectivity index (χ4n) is 6.18. The molecular weight excluding hydrogens is 649 g/mol. The molecule has 2 aromatic carbocycles. The van der Waals surface area contributed by atoms with E-state index in [4.69, 9.17) is 9.47 Å². The number of rotatable bonds is 8. The van der Waals surface area contributed by atoms with E-state index in [1.54, 1.807) is 43.5 Å². The third-order valence-electron chi connectivity index (χ3n) is 8.73. The molecule has 4 aromatic rings. The number of aromatic nitrogens is 3. The van der Waals surface area contributed by atoms with Crippen LogP contribution in [0.5, 0.6) is 5.88 Å². The van der Waals surface area contributed by atoms with Crippen LogP contribution in [0.1, 0.15) is 58.3 Å². The van der Waals surface area contributed by atoms with Gasteiger partial charge in [0, 0.05) is 34.6 Å². The highest BCUT2D eigenvalue weighted by Crippen LogP contribution is 2.40. The fourth-order valence-corrected chi connectivity index (χ4v) is 6.18. The van der Waals surface area contributed by atoms with Crippen LogP contribution in [-0.2, 0) is 17.5 Å². The fraction of sp³-hybridized carbons (Fsp3) is 0.343. The highest BCUT2D eigenvalue weighted by atomic mass is 19.4. The van der Waals surface area contributed by atoms with Crippen LogP contribution < -0.4 is 9.64 Å². The average Bonchev–Trinajstić information content (AvgIpc) is 3.31.